The molecule has 4 nitrogen and oxygen atoms in total. The standard InChI is InChI=1S/C7H4N2O2/c10-7-6-5(1-2-11-7)3-8-4-9-6/h1-4H. The molecule has 0 aliphatic carbocycles. The van der Waals surface area contributed by atoms with Gasteiger partial charge in [0.1, 0.15) is 6.33 Å². The third kappa shape index (κ3) is 0.881. The molecule has 0 aromatic carbocycles. The van der Waals surface area contributed by atoms with Gasteiger partial charge in [0.25, 0.3) is 0 Å². The van der Waals surface area contributed by atoms with E-state index in [2.05, 4.69) is 14.4 Å². The maximum absolute atomic E-state index is 10.9. The molecule has 0 saturated carbocycles. The second-order valence-electron chi connectivity index (χ2n) is 2.03. The van der Waals surface area contributed by atoms with Crippen molar-refractivity contribution in [2.45, 2.75) is 0 Å². The molecule has 11 heavy (non-hydrogen) atoms. The minimum Gasteiger partial charge on any atom is -0.430 e. The molecule has 2 aromatic rings. The van der Waals surface area contributed by atoms with Gasteiger partial charge in [-0.05, 0) is 6.07 Å². The molecule has 0 bridgehead atoms. The number of fused-ring (bicyclic) bond motifs is 1. The maximum Gasteiger partial charge on any atom is 0.362 e. The monoisotopic (exact) mass is 148 g/mol. The van der Waals surface area contributed by atoms with E-state index in [0.29, 0.717) is 10.9 Å². The van der Waals surface area contributed by atoms with Crippen molar-refractivity contribution < 1.29 is 4.42 Å². The molecule has 0 unspecified atom stereocenters. The summed E-state index contributed by atoms with van der Waals surface area (Å²) in [6.45, 7) is 0. The van der Waals surface area contributed by atoms with Crippen LogP contribution in [0.3, 0.4) is 0 Å². The first-order chi connectivity index (χ1) is 5.38. The predicted molar refractivity (Wildman–Crippen MR) is 38.1 cm³/mol. The average molecular weight is 148 g/mol. The highest BCUT2D eigenvalue weighted by atomic mass is 16.4. The second-order valence-corrected chi connectivity index (χ2v) is 2.03. The van der Waals surface area contributed by atoms with E-state index in [0.717, 1.165) is 0 Å². The van der Waals surface area contributed by atoms with Crippen LogP contribution >= 0.6 is 0 Å². The Morgan fingerprint density at radius 3 is 3.18 bits per heavy atom. The van der Waals surface area contributed by atoms with Crippen LogP contribution in [-0.2, 0) is 0 Å². The van der Waals surface area contributed by atoms with Crippen LogP contribution in [0, 0.1) is 0 Å². The lowest BCUT2D eigenvalue weighted by Gasteiger charge is -1.89. The first-order valence-electron chi connectivity index (χ1n) is 3.05. The molecule has 0 spiro atoms. The Labute approximate surface area is 61.5 Å². The Morgan fingerprint density at radius 2 is 2.36 bits per heavy atom. The lowest BCUT2D eigenvalue weighted by molar-refractivity contribution is 0.517. The fourth-order valence-electron chi connectivity index (χ4n) is 0.858. The molecule has 0 fully saturated rings. The van der Waals surface area contributed by atoms with Crippen LogP contribution in [0.2, 0.25) is 0 Å². The van der Waals surface area contributed by atoms with Gasteiger partial charge in [0.05, 0.1) is 6.26 Å². The van der Waals surface area contributed by atoms with E-state index in [1.807, 2.05) is 0 Å². The minimum atomic E-state index is -0.426. The van der Waals surface area contributed by atoms with E-state index >= 15 is 0 Å². The number of rotatable bonds is 0. The van der Waals surface area contributed by atoms with Gasteiger partial charge < -0.3 is 4.42 Å². The van der Waals surface area contributed by atoms with Gasteiger partial charge >= 0.3 is 5.63 Å². The number of aromatic nitrogens is 2. The molecule has 0 saturated heterocycles. The summed E-state index contributed by atoms with van der Waals surface area (Å²) in [7, 11) is 0. The zero-order valence-corrected chi connectivity index (χ0v) is 5.52. The summed E-state index contributed by atoms with van der Waals surface area (Å²) in [4.78, 5) is 18.4. The van der Waals surface area contributed by atoms with Crippen LogP contribution in [0.15, 0.2) is 34.1 Å². The summed E-state index contributed by atoms with van der Waals surface area (Å²) < 4.78 is 4.59. The van der Waals surface area contributed by atoms with Gasteiger partial charge in [-0.3, -0.25) is 0 Å². The molecular weight excluding hydrogens is 144 g/mol. The van der Waals surface area contributed by atoms with Crippen molar-refractivity contribution in [3.8, 4) is 0 Å². The summed E-state index contributed by atoms with van der Waals surface area (Å²) in [5.41, 5.74) is -0.104. The SMILES string of the molecule is O=c1occc2cncnc12. The van der Waals surface area contributed by atoms with Gasteiger partial charge in [0.15, 0.2) is 5.52 Å². The molecule has 54 valence electrons. The van der Waals surface area contributed by atoms with Crippen LogP contribution in [0.25, 0.3) is 10.9 Å². The summed E-state index contributed by atoms with van der Waals surface area (Å²) in [6.07, 6.45) is 4.21. The quantitative estimate of drug-likeness (QED) is 0.548. The molecule has 0 radical (unpaired) electrons. The number of hydrogen-bond donors (Lipinski definition) is 0. The van der Waals surface area contributed by atoms with E-state index < -0.39 is 5.63 Å². The third-order valence-corrected chi connectivity index (χ3v) is 1.36. The summed E-state index contributed by atoms with van der Waals surface area (Å²) >= 11 is 0. The van der Waals surface area contributed by atoms with Crippen molar-refractivity contribution in [1.82, 2.24) is 9.97 Å². The summed E-state index contributed by atoms with van der Waals surface area (Å²) in [5, 5.41) is 0.698. The molecule has 2 heterocycles. The smallest absolute Gasteiger partial charge is 0.362 e. The Kier molecular flexibility index (Phi) is 1.18. The topological polar surface area (TPSA) is 56.0 Å². The molecule has 0 N–H and O–H groups in total. The highest BCUT2D eigenvalue weighted by Crippen LogP contribution is 2.01. The van der Waals surface area contributed by atoms with Crippen LogP contribution in [0.5, 0.6) is 0 Å². The van der Waals surface area contributed by atoms with E-state index in [9.17, 15) is 4.79 Å². The fraction of sp³-hybridized carbons (Fsp3) is 0. The van der Waals surface area contributed by atoms with Gasteiger partial charge in [0.2, 0.25) is 0 Å². The van der Waals surface area contributed by atoms with Gasteiger partial charge in [-0.1, -0.05) is 0 Å². The van der Waals surface area contributed by atoms with Gasteiger partial charge in [-0.15, -0.1) is 0 Å². The van der Waals surface area contributed by atoms with E-state index in [4.69, 9.17) is 0 Å². The zero-order chi connectivity index (χ0) is 7.68. The van der Waals surface area contributed by atoms with Crippen LogP contribution in [-0.4, -0.2) is 9.97 Å². The summed E-state index contributed by atoms with van der Waals surface area (Å²) in [6, 6.07) is 1.65. The van der Waals surface area contributed by atoms with Crippen molar-refractivity contribution >= 4 is 10.9 Å². The van der Waals surface area contributed by atoms with Gasteiger partial charge in [-0.2, -0.15) is 0 Å². The number of hydrogen-bond acceptors (Lipinski definition) is 4. The van der Waals surface area contributed by atoms with Crippen molar-refractivity contribution in [3.05, 3.63) is 35.3 Å². The highest BCUT2D eigenvalue weighted by Gasteiger charge is 1.97. The normalized spacial score (nSPS) is 10.2. The molecule has 0 aliphatic rings. The maximum atomic E-state index is 10.9. The zero-order valence-electron chi connectivity index (χ0n) is 5.52. The molecule has 0 aliphatic heterocycles. The van der Waals surface area contributed by atoms with Crippen molar-refractivity contribution in [2.24, 2.45) is 0 Å². The van der Waals surface area contributed by atoms with Gasteiger partial charge in [-0.25, -0.2) is 14.8 Å². The van der Waals surface area contributed by atoms with Crippen LogP contribution < -0.4 is 5.63 Å². The molecule has 2 rings (SSSR count). The Bertz CT molecular complexity index is 430. The van der Waals surface area contributed by atoms with Crippen LogP contribution in [0.1, 0.15) is 0 Å². The van der Waals surface area contributed by atoms with Crippen molar-refractivity contribution in [1.29, 1.82) is 0 Å². The molecule has 4 heteroatoms. The predicted octanol–water partition coefficient (Wildman–Crippen LogP) is 0.583. The van der Waals surface area contributed by atoms with Crippen LogP contribution in [0.4, 0.5) is 0 Å². The highest BCUT2D eigenvalue weighted by molar-refractivity contribution is 5.74. The molecule has 2 aromatic heterocycles. The minimum absolute atomic E-state index is 0.322. The van der Waals surface area contributed by atoms with Crippen molar-refractivity contribution in [2.75, 3.05) is 0 Å². The van der Waals surface area contributed by atoms with Crippen molar-refractivity contribution in [3.63, 3.8) is 0 Å². The second kappa shape index (κ2) is 2.16. The lowest BCUT2D eigenvalue weighted by Crippen LogP contribution is -2.00. The first-order valence-corrected chi connectivity index (χ1v) is 3.05. The molecule has 0 amide bonds. The number of nitrogens with zero attached hydrogens (tertiary/aromatic N) is 2. The molecular formula is C7H4N2O2. The fourth-order valence-corrected chi connectivity index (χ4v) is 0.858. The lowest BCUT2D eigenvalue weighted by atomic mass is 10.3. The average Bonchev–Trinajstić information content (AvgIpc) is 2.06. The van der Waals surface area contributed by atoms with E-state index in [1.54, 1.807) is 12.3 Å². The summed E-state index contributed by atoms with van der Waals surface area (Å²) in [5.74, 6) is 0. The first kappa shape index (κ1) is 6.03. The largest absolute Gasteiger partial charge is 0.430 e. The Hall–Kier alpha value is -1.71. The Balaban J connectivity index is 3.03. The van der Waals surface area contributed by atoms with E-state index in [-0.39, 0.29) is 0 Å². The van der Waals surface area contributed by atoms with Gasteiger partial charge in [0, 0.05) is 11.6 Å². The Morgan fingerprint density at radius 1 is 1.45 bits per heavy atom. The van der Waals surface area contributed by atoms with E-state index in [1.165, 1.54) is 12.6 Å². The third-order valence-electron chi connectivity index (χ3n) is 1.36. The molecule has 0 atom stereocenters.